The third kappa shape index (κ3) is 7.16. The lowest BCUT2D eigenvalue weighted by Crippen LogP contribution is -2.56. The number of alkyl halides is 6. The zero-order valence-electron chi connectivity index (χ0n) is 23.5. The Hall–Kier alpha value is -3.35. The number of halogens is 7. The maximum absolute atomic E-state index is 14.0. The number of aryl methyl sites for hydroxylation is 1. The Bertz CT molecular complexity index is 1270. The van der Waals surface area contributed by atoms with E-state index in [1.165, 1.54) is 26.1 Å². The summed E-state index contributed by atoms with van der Waals surface area (Å²) in [4.78, 5) is 32.1. The molecule has 6 nitrogen and oxygen atoms in total. The molecule has 230 valence electrons. The molecule has 3 amide bonds. The summed E-state index contributed by atoms with van der Waals surface area (Å²) in [6, 6.07) is 4.55. The lowest BCUT2D eigenvalue weighted by Gasteiger charge is -2.47. The monoisotopic (exact) mass is 602 g/mol. The van der Waals surface area contributed by atoms with Crippen LogP contribution < -0.4 is 0 Å². The van der Waals surface area contributed by atoms with Crippen LogP contribution in [0.1, 0.15) is 53.6 Å². The highest BCUT2D eigenvalue weighted by atomic mass is 19.4. The fraction of sp³-hybridized carbons (Fsp3) is 0.517. The second kappa shape index (κ2) is 12.1. The highest BCUT2D eigenvalue weighted by Gasteiger charge is 2.39. The highest BCUT2D eigenvalue weighted by Crippen LogP contribution is 2.38. The number of nitrogens with zero attached hydrogens (tertiary/aromatic N) is 4. The quantitative estimate of drug-likeness (QED) is 0.398. The number of hydrogen-bond acceptors (Lipinski definition) is 3. The molecule has 2 aromatic rings. The van der Waals surface area contributed by atoms with Gasteiger partial charge in [-0.1, -0.05) is 6.07 Å². The molecule has 2 aliphatic heterocycles. The molecule has 2 aromatic carbocycles. The number of carbonyl (C=O) groups excluding carboxylic acids is 2. The van der Waals surface area contributed by atoms with Gasteiger partial charge in [-0.05, 0) is 66.8 Å². The predicted molar refractivity (Wildman–Crippen MR) is 141 cm³/mol. The van der Waals surface area contributed by atoms with Gasteiger partial charge < -0.3 is 14.7 Å². The maximum atomic E-state index is 14.0. The predicted octanol–water partition coefficient (Wildman–Crippen LogP) is 6.09. The molecule has 2 heterocycles. The fourth-order valence-corrected chi connectivity index (χ4v) is 5.89. The van der Waals surface area contributed by atoms with Crippen LogP contribution >= 0.6 is 0 Å². The summed E-state index contributed by atoms with van der Waals surface area (Å²) in [5.74, 6) is -0.440. The molecule has 2 saturated heterocycles. The van der Waals surface area contributed by atoms with E-state index in [0.717, 1.165) is 4.90 Å². The Balaban J connectivity index is 1.58. The minimum atomic E-state index is -5.00. The molecule has 0 aliphatic carbocycles. The maximum Gasteiger partial charge on any atom is 0.416 e. The van der Waals surface area contributed by atoms with Crippen LogP contribution in [0.4, 0.5) is 35.5 Å². The lowest BCUT2D eigenvalue weighted by molar-refractivity contribution is -0.143. The third-order valence-electron chi connectivity index (χ3n) is 8.08. The molecular formula is C29H33F7N4O2. The molecule has 0 unspecified atom stereocenters. The molecule has 0 saturated carbocycles. The Morgan fingerprint density at radius 1 is 0.905 bits per heavy atom. The zero-order chi connectivity index (χ0) is 31.0. The number of urea groups is 1. The van der Waals surface area contributed by atoms with E-state index in [1.54, 1.807) is 22.8 Å². The number of carbonyl (C=O) groups is 2. The van der Waals surface area contributed by atoms with Gasteiger partial charge >= 0.3 is 18.4 Å². The first-order chi connectivity index (χ1) is 19.5. The third-order valence-corrected chi connectivity index (χ3v) is 8.08. The summed E-state index contributed by atoms with van der Waals surface area (Å²) >= 11 is 0. The van der Waals surface area contributed by atoms with Crippen LogP contribution in [-0.4, -0.2) is 77.4 Å². The second-order valence-corrected chi connectivity index (χ2v) is 11.0. The van der Waals surface area contributed by atoms with E-state index in [2.05, 4.69) is 4.90 Å². The van der Waals surface area contributed by atoms with E-state index in [-0.39, 0.29) is 30.1 Å². The molecule has 0 spiro atoms. The van der Waals surface area contributed by atoms with Crippen molar-refractivity contribution in [1.82, 2.24) is 19.6 Å². The average molecular weight is 603 g/mol. The van der Waals surface area contributed by atoms with Crippen LogP contribution in [0.25, 0.3) is 0 Å². The molecular weight excluding hydrogens is 569 g/mol. The van der Waals surface area contributed by atoms with Crippen molar-refractivity contribution < 1.29 is 40.3 Å². The van der Waals surface area contributed by atoms with E-state index >= 15 is 0 Å². The molecule has 4 rings (SSSR count). The summed E-state index contributed by atoms with van der Waals surface area (Å²) in [5, 5.41) is 0. The van der Waals surface area contributed by atoms with Gasteiger partial charge in [-0.25, -0.2) is 9.18 Å². The summed E-state index contributed by atoms with van der Waals surface area (Å²) < 4.78 is 94.2. The Morgan fingerprint density at radius 3 is 2.02 bits per heavy atom. The SMILES string of the molecule is CC(=O)N1CCN([C@H]2CCN(C(=O)N(C)Cc3cc(C(F)(F)F)cc(C(F)(F)F)c3)[C@@H](c3ccc(F)cc3C)C2)CC1. The Labute approximate surface area is 239 Å². The topological polar surface area (TPSA) is 47.1 Å². The van der Waals surface area contributed by atoms with Gasteiger partial charge in [-0.2, -0.15) is 26.3 Å². The number of piperidine rings is 1. The van der Waals surface area contributed by atoms with Crippen molar-refractivity contribution in [3.05, 3.63) is 70.0 Å². The largest absolute Gasteiger partial charge is 0.416 e. The van der Waals surface area contributed by atoms with E-state index in [1.807, 2.05) is 0 Å². The minimum Gasteiger partial charge on any atom is -0.340 e. The van der Waals surface area contributed by atoms with Gasteiger partial charge in [-0.3, -0.25) is 9.69 Å². The van der Waals surface area contributed by atoms with Gasteiger partial charge in [0.15, 0.2) is 0 Å². The molecule has 0 aromatic heterocycles. The van der Waals surface area contributed by atoms with Gasteiger partial charge in [-0.15, -0.1) is 0 Å². The van der Waals surface area contributed by atoms with Crippen LogP contribution in [0.15, 0.2) is 36.4 Å². The number of amides is 3. The summed E-state index contributed by atoms with van der Waals surface area (Å²) in [6.07, 6.45) is -8.92. The van der Waals surface area contributed by atoms with Gasteiger partial charge in [0, 0.05) is 59.3 Å². The molecule has 0 radical (unpaired) electrons. The average Bonchev–Trinajstić information content (AvgIpc) is 2.91. The smallest absolute Gasteiger partial charge is 0.340 e. The number of benzene rings is 2. The second-order valence-electron chi connectivity index (χ2n) is 11.0. The minimum absolute atomic E-state index is 0.000964. The number of rotatable bonds is 4. The highest BCUT2D eigenvalue weighted by molar-refractivity contribution is 5.75. The van der Waals surface area contributed by atoms with Crippen molar-refractivity contribution in [2.75, 3.05) is 39.8 Å². The first-order valence-corrected chi connectivity index (χ1v) is 13.6. The molecule has 2 atom stereocenters. The number of hydrogen-bond donors (Lipinski definition) is 0. The zero-order valence-corrected chi connectivity index (χ0v) is 23.5. The number of piperazine rings is 1. The molecule has 13 heteroatoms. The lowest BCUT2D eigenvalue weighted by atomic mass is 9.88. The van der Waals surface area contributed by atoms with E-state index in [4.69, 9.17) is 0 Å². The molecule has 2 aliphatic rings. The van der Waals surface area contributed by atoms with Crippen molar-refractivity contribution in [2.45, 2.75) is 57.7 Å². The van der Waals surface area contributed by atoms with Gasteiger partial charge in [0.1, 0.15) is 5.82 Å². The van der Waals surface area contributed by atoms with E-state index < -0.39 is 47.9 Å². The van der Waals surface area contributed by atoms with Crippen LogP contribution in [0.3, 0.4) is 0 Å². The van der Waals surface area contributed by atoms with Crippen LogP contribution in [0.2, 0.25) is 0 Å². The molecule has 42 heavy (non-hydrogen) atoms. The first-order valence-electron chi connectivity index (χ1n) is 13.6. The Morgan fingerprint density at radius 2 is 1.50 bits per heavy atom. The first kappa shape index (κ1) is 31.6. The normalized spacial score (nSPS) is 20.5. The van der Waals surface area contributed by atoms with Gasteiger partial charge in [0.2, 0.25) is 5.91 Å². The molecule has 0 bridgehead atoms. The van der Waals surface area contributed by atoms with Crippen molar-refractivity contribution in [3.8, 4) is 0 Å². The standard InChI is InChI=1S/C29H33F7N4O2/c1-18-12-23(30)4-5-25(18)26-16-24(39-10-8-38(9-11-39)19(2)41)6-7-40(26)27(42)37(3)17-20-13-21(28(31,32)33)15-22(14-20)29(34,35)36/h4-5,12-15,24,26H,6-11,16-17H2,1-3H3/t24-,26+/m0/s1. The van der Waals surface area contributed by atoms with Gasteiger partial charge in [0.25, 0.3) is 0 Å². The molecule has 2 fully saturated rings. The molecule has 0 N–H and O–H groups in total. The summed E-state index contributed by atoms with van der Waals surface area (Å²) in [5.41, 5.74) is -1.86. The van der Waals surface area contributed by atoms with Crippen molar-refractivity contribution in [1.29, 1.82) is 0 Å². The van der Waals surface area contributed by atoms with Crippen molar-refractivity contribution in [2.24, 2.45) is 0 Å². The van der Waals surface area contributed by atoms with E-state index in [9.17, 15) is 40.3 Å². The van der Waals surface area contributed by atoms with Crippen LogP contribution in [0.5, 0.6) is 0 Å². The summed E-state index contributed by atoms with van der Waals surface area (Å²) in [7, 11) is 1.33. The number of likely N-dealkylation sites (tertiary alicyclic amines) is 1. The van der Waals surface area contributed by atoms with Crippen LogP contribution in [-0.2, 0) is 23.7 Å². The van der Waals surface area contributed by atoms with Gasteiger partial charge in [0.05, 0.1) is 17.2 Å². The van der Waals surface area contributed by atoms with E-state index in [0.29, 0.717) is 62.3 Å². The van der Waals surface area contributed by atoms with Crippen molar-refractivity contribution in [3.63, 3.8) is 0 Å². The Kier molecular flexibility index (Phi) is 9.10. The fourth-order valence-electron chi connectivity index (χ4n) is 5.89. The van der Waals surface area contributed by atoms with Crippen molar-refractivity contribution >= 4 is 11.9 Å². The summed E-state index contributed by atoms with van der Waals surface area (Å²) in [6.45, 7) is 5.51. The van der Waals surface area contributed by atoms with Crippen LogP contribution in [0, 0.1) is 12.7 Å².